The van der Waals surface area contributed by atoms with E-state index in [0.29, 0.717) is 31.1 Å². The van der Waals surface area contributed by atoms with E-state index < -0.39 is 6.10 Å². The number of ether oxygens (including phenoxy) is 4. The van der Waals surface area contributed by atoms with Gasteiger partial charge in [-0.15, -0.1) is 0 Å². The van der Waals surface area contributed by atoms with Gasteiger partial charge < -0.3 is 28.4 Å². The molecule has 0 radical (unpaired) electrons. The summed E-state index contributed by atoms with van der Waals surface area (Å²) in [6.45, 7) is 2.26. The third-order valence-corrected chi connectivity index (χ3v) is 6.47. The van der Waals surface area contributed by atoms with Gasteiger partial charge in [-0.3, -0.25) is 4.79 Å². The van der Waals surface area contributed by atoms with Crippen LogP contribution >= 0.6 is 0 Å². The number of benzene rings is 2. The Hall–Kier alpha value is -3.68. The largest absolute Gasteiger partial charge is 0.497 e. The van der Waals surface area contributed by atoms with E-state index in [1.54, 1.807) is 14.2 Å². The van der Waals surface area contributed by atoms with E-state index >= 15 is 0 Å². The van der Waals surface area contributed by atoms with Crippen LogP contribution in [-0.4, -0.2) is 60.4 Å². The highest BCUT2D eigenvalue weighted by atomic mass is 16.6. The lowest BCUT2D eigenvalue weighted by atomic mass is 9.95. The Labute approximate surface area is 199 Å². The number of rotatable bonds is 6. The zero-order valence-corrected chi connectivity index (χ0v) is 19.5. The Morgan fingerprint density at radius 1 is 1.06 bits per heavy atom. The molecule has 5 rings (SSSR count). The minimum Gasteiger partial charge on any atom is -0.497 e. The van der Waals surface area contributed by atoms with E-state index in [2.05, 4.69) is 9.55 Å². The monoisotopic (exact) mass is 463 g/mol. The number of carbonyl (C=O) groups excluding carboxylic acids is 1. The fourth-order valence-electron chi connectivity index (χ4n) is 4.67. The molecule has 8 nitrogen and oxygen atoms in total. The van der Waals surface area contributed by atoms with E-state index in [9.17, 15) is 4.79 Å². The molecule has 1 atom stereocenters. The molecule has 3 aromatic rings. The number of carbonyl (C=O) groups is 1. The molecule has 0 spiro atoms. The molecular weight excluding hydrogens is 434 g/mol. The van der Waals surface area contributed by atoms with Gasteiger partial charge in [-0.1, -0.05) is 12.1 Å². The molecule has 1 fully saturated rings. The number of nitrogens with zero attached hydrogens (tertiary/aromatic N) is 3. The van der Waals surface area contributed by atoms with Crippen LogP contribution in [0.3, 0.4) is 0 Å². The first-order valence-electron chi connectivity index (χ1n) is 11.5. The summed E-state index contributed by atoms with van der Waals surface area (Å²) in [7, 11) is 3.30. The van der Waals surface area contributed by atoms with Crippen LogP contribution in [0.15, 0.2) is 54.9 Å². The number of aromatic nitrogens is 2. The summed E-state index contributed by atoms with van der Waals surface area (Å²) >= 11 is 0. The third kappa shape index (κ3) is 4.53. The highest BCUT2D eigenvalue weighted by Gasteiger charge is 2.34. The number of methoxy groups -OCH3 is 2. The van der Waals surface area contributed by atoms with Crippen LogP contribution in [0.4, 0.5) is 0 Å². The van der Waals surface area contributed by atoms with Crippen molar-refractivity contribution in [2.45, 2.75) is 31.4 Å². The molecule has 0 aliphatic carbocycles. The molecule has 178 valence electrons. The molecule has 0 saturated carbocycles. The summed E-state index contributed by atoms with van der Waals surface area (Å²) in [6, 6.07) is 13.3. The van der Waals surface area contributed by atoms with Crippen molar-refractivity contribution in [2.24, 2.45) is 0 Å². The first-order valence-corrected chi connectivity index (χ1v) is 11.5. The number of likely N-dealkylation sites (tertiary alicyclic amines) is 1. The smallest absolute Gasteiger partial charge is 0.267 e. The van der Waals surface area contributed by atoms with Crippen LogP contribution in [0.25, 0.3) is 0 Å². The average Bonchev–Trinajstić information content (AvgIpc) is 3.35. The van der Waals surface area contributed by atoms with Gasteiger partial charge in [-0.05, 0) is 42.7 Å². The van der Waals surface area contributed by atoms with E-state index in [-0.39, 0.29) is 18.4 Å². The van der Waals surface area contributed by atoms with Crippen molar-refractivity contribution < 1.29 is 23.7 Å². The van der Waals surface area contributed by atoms with Gasteiger partial charge in [0.2, 0.25) is 6.10 Å². The number of amides is 1. The molecule has 0 bridgehead atoms. The molecule has 1 aromatic heterocycles. The number of hydrogen-bond acceptors (Lipinski definition) is 6. The fourth-order valence-corrected chi connectivity index (χ4v) is 4.67. The first kappa shape index (κ1) is 22.1. The van der Waals surface area contributed by atoms with E-state index in [1.165, 1.54) is 0 Å². The zero-order chi connectivity index (χ0) is 23.5. The summed E-state index contributed by atoms with van der Waals surface area (Å²) in [6.07, 6.45) is 4.96. The standard InChI is InChI=1S/C26H29N3O5/c1-31-20-13-18(14-21(15-20)32-2)16-29-12-9-27-25(29)19-7-10-28(11-8-19)26(30)24-17-33-22-5-3-4-6-23(22)34-24/h3-6,9,12-15,19,24H,7-8,10-11,16-17H2,1-2H3. The van der Waals surface area contributed by atoms with Gasteiger partial charge in [0, 0.05) is 44.0 Å². The molecule has 1 saturated heterocycles. The van der Waals surface area contributed by atoms with Crippen molar-refractivity contribution in [1.82, 2.24) is 14.5 Å². The molecule has 8 heteroatoms. The molecule has 2 aromatic carbocycles. The molecule has 3 heterocycles. The van der Waals surface area contributed by atoms with E-state index in [1.807, 2.05) is 59.8 Å². The maximum absolute atomic E-state index is 13.1. The van der Waals surface area contributed by atoms with Gasteiger partial charge in [0.25, 0.3) is 5.91 Å². The predicted octanol–water partition coefficient (Wildman–Crippen LogP) is 3.49. The molecule has 1 amide bonds. The predicted molar refractivity (Wildman–Crippen MR) is 126 cm³/mol. The van der Waals surface area contributed by atoms with Crippen molar-refractivity contribution >= 4 is 5.91 Å². The minimum atomic E-state index is -0.600. The SMILES string of the molecule is COc1cc(Cn2ccnc2C2CCN(C(=O)C3COc4ccccc4O3)CC2)cc(OC)c1. The third-order valence-electron chi connectivity index (χ3n) is 6.47. The van der Waals surface area contributed by atoms with Crippen LogP contribution in [-0.2, 0) is 11.3 Å². The Balaban J connectivity index is 1.22. The van der Waals surface area contributed by atoms with Crippen LogP contribution < -0.4 is 18.9 Å². The average molecular weight is 464 g/mol. The molecule has 1 unspecified atom stereocenters. The van der Waals surface area contributed by atoms with Gasteiger partial charge >= 0.3 is 0 Å². The van der Waals surface area contributed by atoms with Gasteiger partial charge in [-0.2, -0.15) is 0 Å². The highest BCUT2D eigenvalue weighted by molar-refractivity contribution is 5.82. The second-order valence-electron chi connectivity index (χ2n) is 8.60. The highest BCUT2D eigenvalue weighted by Crippen LogP contribution is 2.33. The van der Waals surface area contributed by atoms with E-state index in [4.69, 9.17) is 18.9 Å². The normalized spacial score (nSPS) is 17.9. The lowest BCUT2D eigenvalue weighted by molar-refractivity contribution is -0.142. The Kier molecular flexibility index (Phi) is 6.29. The summed E-state index contributed by atoms with van der Waals surface area (Å²) in [4.78, 5) is 19.6. The fraction of sp³-hybridized carbons (Fsp3) is 0.385. The van der Waals surface area contributed by atoms with Gasteiger partial charge in [-0.25, -0.2) is 4.98 Å². The second kappa shape index (κ2) is 9.67. The van der Waals surface area contributed by atoms with Gasteiger partial charge in [0.05, 0.1) is 14.2 Å². The number of para-hydroxylation sites is 2. The van der Waals surface area contributed by atoms with E-state index in [0.717, 1.165) is 35.7 Å². The van der Waals surface area contributed by atoms with Crippen molar-refractivity contribution in [3.05, 3.63) is 66.2 Å². The van der Waals surface area contributed by atoms with Crippen LogP contribution in [0.2, 0.25) is 0 Å². The summed E-state index contributed by atoms with van der Waals surface area (Å²) in [5.74, 6) is 4.15. The number of fused-ring (bicyclic) bond motifs is 1. The first-order chi connectivity index (χ1) is 16.6. The van der Waals surface area contributed by atoms with Crippen molar-refractivity contribution in [2.75, 3.05) is 33.9 Å². The minimum absolute atomic E-state index is 0.0141. The number of hydrogen-bond donors (Lipinski definition) is 0. The summed E-state index contributed by atoms with van der Waals surface area (Å²) < 4.78 is 24.6. The van der Waals surface area contributed by atoms with Gasteiger partial charge in [0.1, 0.15) is 23.9 Å². The second-order valence-corrected chi connectivity index (χ2v) is 8.60. The summed E-state index contributed by atoms with van der Waals surface area (Å²) in [5.41, 5.74) is 1.08. The van der Waals surface area contributed by atoms with Crippen molar-refractivity contribution in [3.63, 3.8) is 0 Å². The quantitative estimate of drug-likeness (QED) is 0.557. The summed E-state index contributed by atoms with van der Waals surface area (Å²) in [5, 5.41) is 0. The molecular formula is C26H29N3O5. The Morgan fingerprint density at radius 3 is 2.47 bits per heavy atom. The molecule has 2 aliphatic heterocycles. The number of imidazole rings is 1. The van der Waals surface area contributed by atoms with Crippen LogP contribution in [0.1, 0.15) is 30.1 Å². The number of piperidine rings is 1. The molecule has 34 heavy (non-hydrogen) atoms. The molecule has 0 N–H and O–H groups in total. The molecule has 2 aliphatic rings. The topological polar surface area (TPSA) is 75.1 Å². The maximum atomic E-state index is 13.1. The zero-order valence-electron chi connectivity index (χ0n) is 19.5. The van der Waals surface area contributed by atoms with Crippen molar-refractivity contribution in [3.8, 4) is 23.0 Å². The Morgan fingerprint density at radius 2 is 1.76 bits per heavy atom. The van der Waals surface area contributed by atoms with Crippen LogP contribution in [0, 0.1) is 0 Å². The van der Waals surface area contributed by atoms with Gasteiger partial charge in [0.15, 0.2) is 11.5 Å². The lowest BCUT2D eigenvalue weighted by Crippen LogP contribution is -2.49. The maximum Gasteiger partial charge on any atom is 0.267 e. The Bertz CT molecular complexity index is 1130. The van der Waals surface area contributed by atoms with Crippen molar-refractivity contribution in [1.29, 1.82) is 0 Å². The van der Waals surface area contributed by atoms with Crippen LogP contribution in [0.5, 0.6) is 23.0 Å². The lowest BCUT2D eigenvalue weighted by Gasteiger charge is -2.35.